The third kappa shape index (κ3) is 6.01. The number of fused-ring (bicyclic) bond motifs is 5. The van der Waals surface area contributed by atoms with E-state index in [0.717, 1.165) is 44.5 Å². The Bertz CT molecular complexity index is 1690. The van der Waals surface area contributed by atoms with Crippen molar-refractivity contribution in [2.45, 2.75) is 12.2 Å². The normalized spacial score (nSPS) is 19.5. The first kappa shape index (κ1) is 27.2. The fourth-order valence-corrected chi connectivity index (χ4v) is 5.37. The van der Waals surface area contributed by atoms with Crippen LogP contribution >= 0.6 is 0 Å². The monoisotopic (exact) mass is 544 g/mol. The van der Waals surface area contributed by atoms with Gasteiger partial charge in [0.1, 0.15) is 12.2 Å². The van der Waals surface area contributed by atoms with Gasteiger partial charge in [-0.25, -0.2) is 0 Å². The van der Waals surface area contributed by atoms with E-state index in [9.17, 15) is 10.2 Å². The minimum atomic E-state index is -1.10. The van der Waals surface area contributed by atoms with Crippen molar-refractivity contribution in [2.75, 3.05) is 0 Å². The highest BCUT2D eigenvalue weighted by molar-refractivity contribution is 5.85. The fourth-order valence-electron chi connectivity index (χ4n) is 5.37. The lowest BCUT2D eigenvalue weighted by atomic mass is 9.91. The molecule has 2 atom stereocenters. The van der Waals surface area contributed by atoms with Crippen molar-refractivity contribution in [3.8, 4) is 0 Å². The first-order valence-electron chi connectivity index (χ1n) is 14.2. The smallest absolute Gasteiger partial charge is 0.110 e. The molecule has 42 heavy (non-hydrogen) atoms. The zero-order valence-corrected chi connectivity index (χ0v) is 23.2. The van der Waals surface area contributed by atoms with Crippen LogP contribution in [-0.2, 0) is 0 Å². The second-order valence-electron chi connectivity index (χ2n) is 10.4. The molecule has 0 amide bonds. The first-order valence-corrected chi connectivity index (χ1v) is 14.2. The number of aliphatic hydroxyl groups excluding tert-OH is 2. The van der Waals surface area contributed by atoms with Gasteiger partial charge >= 0.3 is 0 Å². The van der Waals surface area contributed by atoms with E-state index in [2.05, 4.69) is 85.0 Å². The molecule has 0 spiro atoms. The molecular formula is C40H32O2. The van der Waals surface area contributed by atoms with Crippen LogP contribution in [0.5, 0.6) is 0 Å². The molecule has 6 rings (SSSR count). The first-order chi connectivity index (χ1) is 20.7. The van der Waals surface area contributed by atoms with E-state index < -0.39 is 12.2 Å². The summed E-state index contributed by atoms with van der Waals surface area (Å²) in [6.45, 7) is 0. The maximum Gasteiger partial charge on any atom is 0.110 e. The summed E-state index contributed by atoms with van der Waals surface area (Å²) >= 11 is 0. The molecule has 0 bridgehead atoms. The Balaban J connectivity index is 1.52. The molecule has 5 aromatic carbocycles. The van der Waals surface area contributed by atoms with Gasteiger partial charge in [-0.05, 0) is 55.6 Å². The van der Waals surface area contributed by atoms with E-state index in [-0.39, 0.29) is 0 Å². The van der Waals surface area contributed by atoms with Gasteiger partial charge in [0.15, 0.2) is 0 Å². The SMILES string of the molecule is O[C@@H]1c2ccccc2/C=C\c2ccccc2/C=C\c2ccccc2/C=C\c2ccccc2/C=C\c2ccccc2[C@@H]1O. The third-order valence-electron chi connectivity index (χ3n) is 7.69. The van der Waals surface area contributed by atoms with E-state index in [0.29, 0.717) is 11.1 Å². The third-order valence-corrected chi connectivity index (χ3v) is 7.69. The largest absolute Gasteiger partial charge is 0.385 e. The highest BCUT2D eigenvalue weighted by Crippen LogP contribution is 2.34. The van der Waals surface area contributed by atoms with Crippen LogP contribution in [0.2, 0.25) is 0 Å². The van der Waals surface area contributed by atoms with E-state index in [1.54, 1.807) is 0 Å². The molecule has 2 N–H and O–H groups in total. The van der Waals surface area contributed by atoms with Gasteiger partial charge in [0.2, 0.25) is 0 Å². The molecule has 0 unspecified atom stereocenters. The van der Waals surface area contributed by atoms with Crippen LogP contribution in [0.15, 0.2) is 121 Å². The molecule has 0 fully saturated rings. The van der Waals surface area contributed by atoms with E-state index in [1.807, 2.05) is 84.9 Å². The summed E-state index contributed by atoms with van der Waals surface area (Å²) in [6.07, 6.45) is 14.5. The van der Waals surface area contributed by atoms with E-state index in [1.165, 1.54) is 0 Å². The predicted molar refractivity (Wildman–Crippen MR) is 178 cm³/mol. The van der Waals surface area contributed by atoms with Crippen LogP contribution in [0.3, 0.4) is 0 Å². The molecule has 1 aliphatic rings. The molecule has 1 aliphatic carbocycles. The van der Waals surface area contributed by atoms with Crippen LogP contribution in [0.1, 0.15) is 67.8 Å². The standard InChI is InChI=1S/C40H32O2/c41-39-37-19-9-7-17-35(37)27-25-33-15-5-3-13-31(33)23-21-29-11-1-2-12-30(29)22-24-32-14-4-6-16-34(32)26-28-36-18-8-10-20-38(36)40(39)42/h1-28,39-42H/b23-21-,24-22-,27-25-,28-26-/t39-,40+. The topological polar surface area (TPSA) is 40.5 Å². The lowest BCUT2D eigenvalue weighted by molar-refractivity contribution is 0.0170. The van der Waals surface area contributed by atoms with Crippen LogP contribution < -0.4 is 0 Å². The quantitative estimate of drug-likeness (QED) is 0.204. The van der Waals surface area contributed by atoms with Gasteiger partial charge in [0.25, 0.3) is 0 Å². The Kier molecular flexibility index (Phi) is 8.19. The number of aliphatic hydroxyl groups is 2. The highest BCUT2D eigenvalue weighted by Gasteiger charge is 2.23. The Labute approximate surface area is 247 Å². The summed E-state index contributed by atoms with van der Waals surface area (Å²) in [4.78, 5) is 0. The van der Waals surface area contributed by atoms with Crippen LogP contribution in [0, 0.1) is 0 Å². The number of hydrogen-bond donors (Lipinski definition) is 2. The molecule has 0 radical (unpaired) electrons. The van der Waals surface area contributed by atoms with Gasteiger partial charge in [-0.2, -0.15) is 0 Å². The van der Waals surface area contributed by atoms with Crippen LogP contribution in [-0.4, -0.2) is 10.2 Å². The zero-order valence-electron chi connectivity index (χ0n) is 23.2. The van der Waals surface area contributed by atoms with Crippen molar-refractivity contribution in [1.29, 1.82) is 0 Å². The minimum Gasteiger partial charge on any atom is -0.385 e. The van der Waals surface area contributed by atoms with Crippen LogP contribution in [0.4, 0.5) is 0 Å². The summed E-state index contributed by atoms with van der Waals surface area (Å²) in [5, 5.41) is 22.9. The molecule has 0 saturated heterocycles. The second-order valence-corrected chi connectivity index (χ2v) is 10.4. The molecule has 0 saturated carbocycles. The van der Waals surface area contributed by atoms with Crippen molar-refractivity contribution in [1.82, 2.24) is 0 Å². The zero-order chi connectivity index (χ0) is 28.7. The molecule has 0 heterocycles. The van der Waals surface area contributed by atoms with Gasteiger partial charge < -0.3 is 10.2 Å². The van der Waals surface area contributed by atoms with E-state index in [4.69, 9.17) is 0 Å². The average molecular weight is 545 g/mol. The average Bonchev–Trinajstić information content (AvgIpc) is 3.05. The number of rotatable bonds is 0. The second kappa shape index (κ2) is 12.7. The van der Waals surface area contributed by atoms with Crippen LogP contribution in [0.25, 0.3) is 48.6 Å². The Hall–Kier alpha value is -5.02. The van der Waals surface area contributed by atoms with Gasteiger partial charge in [-0.1, -0.05) is 170 Å². The maximum absolute atomic E-state index is 11.5. The number of benzene rings is 5. The van der Waals surface area contributed by atoms with Gasteiger partial charge in [0, 0.05) is 0 Å². The molecule has 2 nitrogen and oxygen atoms in total. The molecule has 204 valence electrons. The van der Waals surface area contributed by atoms with E-state index >= 15 is 0 Å². The molecular weight excluding hydrogens is 512 g/mol. The number of hydrogen-bond acceptors (Lipinski definition) is 2. The van der Waals surface area contributed by atoms with Crippen molar-refractivity contribution in [3.05, 3.63) is 177 Å². The highest BCUT2D eigenvalue weighted by atomic mass is 16.3. The summed E-state index contributed by atoms with van der Waals surface area (Å²) < 4.78 is 0. The molecule has 2 heteroatoms. The van der Waals surface area contributed by atoms with Crippen molar-refractivity contribution < 1.29 is 10.2 Å². The van der Waals surface area contributed by atoms with Crippen molar-refractivity contribution in [2.24, 2.45) is 0 Å². The summed E-state index contributed by atoms with van der Waals surface area (Å²) in [5.41, 5.74) is 9.62. The van der Waals surface area contributed by atoms with Gasteiger partial charge in [-0.15, -0.1) is 0 Å². The minimum absolute atomic E-state index is 0.673. The summed E-state index contributed by atoms with van der Waals surface area (Å²) in [7, 11) is 0. The lowest BCUT2D eigenvalue weighted by Crippen LogP contribution is -2.12. The maximum atomic E-state index is 11.5. The Morgan fingerprint density at radius 2 is 0.452 bits per heavy atom. The Morgan fingerprint density at radius 3 is 0.714 bits per heavy atom. The Morgan fingerprint density at radius 1 is 0.262 bits per heavy atom. The van der Waals surface area contributed by atoms with Gasteiger partial charge in [-0.3, -0.25) is 0 Å². The lowest BCUT2D eigenvalue weighted by Gasteiger charge is -2.22. The molecule has 0 aromatic heterocycles. The molecule has 5 aromatic rings. The van der Waals surface area contributed by atoms with Crippen molar-refractivity contribution >= 4 is 48.6 Å². The summed E-state index contributed by atoms with van der Waals surface area (Å²) in [6, 6.07) is 40.3. The fraction of sp³-hybridized carbons (Fsp3) is 0.0500. The van der Waals surface area contributed by atoms with Crippen molar-refractivity contribution in [3.63, 3.8) is 0 Å². The molecule has 0 aliphatic heterocycles. The predicted octanol–water partition coefficient (Wildman–Crippen LogP) is 9.45. The summed E-state index contributed by atoms with van der Waals surface area (Å²) in [5.74, 6) is 0. The van der Waals surface area contributed by atoms with Gasteiger partial charge in [0.05, 0.1) is 0 Å².